The first-order chi connectivity index (χ1) is 18.0. The van der Waals surface area contributed by atoms with Gasteiger partial charge in [-0.25, -0.2) is 5.48 Å². The van der Waals surface area contributed by atoms with Crippen molar-refractivity contribution in [1.29, 1.82) is 0 Å². The molecule has 3 N–H and O–H groups in total. The molecule has 0 radical (unpaired) electrons. The summed E-state index contributed by atoms with van der Waals surface area (Å²) in [4.78, 5) is 41.5. The molecular weight excluding hydrogens is 476 g/mol. The third-order valence-electron chi connectivity index (χ3n) is 6.62. The third kappa shape index (κ3) is 6.85. The first-order valence-electron chi connectivity index (χ1n) is 12.6. The van der Waals surface area contributed by atoms with Crippen molar-refractivity contribution in [3.05, 3.63) is 54.1 Å². The summed E-state index contributed by atoms with van der Waals surface area (Å²) >= 11 is 0. The van der Waals surface area contributed by atoms with Crippen molar-refractivity contribution in [2.45, 2.75) is 31.3 Å². The minimum atomic E-state index is -1.45. The van der Waals surface area contributed by atoms with Crippen LogP contribution in [0.2, 0.25) is 0 Å². The molecule has 4 rings (SSSR count). The van der Waals surface area contributed by atoms with Gasteiger partial charge in [0.1, 0.15) is 5.75 Å². The predicted molar refractivity (Wildman–Crippen MR) is 136 cm³/mol. The van der Waals surface area contributed by atoms with E-state index in [4.69, 9.17) is 14.7 Å². The van der Waals surface area contributed by atoms with Gasteiger partial charge in [-0.3, -0.25) is 24.5 Å². The maximum atomic E-state index is 13.3. The first-order valence-corrected chi connectivity index (χ1v) is 12.6. The van der Waals surface area contributed by atoms with Gasteiger partial charge in [0.15, 0.2) is 6.04 Å². The lowest BCUT2D eigenvalue weighted by molar-refractivity contribution is -0.141. The lowest BCUT2D eigenvalue weighted by atomic mass is 10.0. The van der Waals surface area contributed by atoms with E-state index in [2.05, 4.69) is 10.2 Å². The van der Waals surface area contributed by atoms with Gasteiger partial charge >= 0.3 is 0 Å². The van der Waals surface area contributed by atoms with Crippen LogP contribution >= 0.6 is 0 Å². The highest BCUT2D eigenvalue weighted by Crippen LogP contribution is 2.31. The van der Waals surface area contributed by atoms with Gasteiger partial charge in [0.05, 0.1) is 19.8 Å². The largest absolute Gasteiger partial charge is 0.494 e. The summed E-state index contributed by atoms with van der Waals surface area (Å²) in [5.74, 6) is -1.24. The van der Waals surface area contributed by atoms with Crippen LogP contribution in [-0.4, -0.2) is 91.3 Å². The number of hydroxylamine groups is 1. The number of hydrogen-bond donors (Lipinski definition) is 3. The molecule has 1 saturated carbocycles. The van der Waals surface area contributed by atoms with Crippen LogP contribution < -0.4 is 15.5 Å². The molecule has 1 saturated heterocycles. The average molecular weight is 511 g/mol. The fraction of sp³-hybridized carbons (Fsp3) is 0.444. The Bertz CT molecular complexity index is 1050. The SMILES string of the molecule is CNC(=O)C(C(=O)NO)N(C(=O)c1ccc(-c2ccc(OCCCN3CCOCC3)cc2)cc1)C1CC1. The van der Waals surface area contributed by atoms with Gasteiger partial charge < -0.3 is 19.7 Å². The summed E-state index contributed by atoms with van der Waals surface area (Å²) in [6, 6.07) is 13.1. The normalized spacial score (nSPS) is 16.5. The molecule has 1 heterocycles. The Morgan fingerprint density at radius 3 is 2.22 bits per heavy atom. The molecule has 198 valence electrons. The number of rotatable bonds is 11. The van der Waals surface area contributed by atoms with Gasteiger partial charge in [-0.2, -0.15) is 0 Å². The van der Waals surface area contributed by atoms with Crippen molar-refractivity contribution in [1.82, 2.24) is 20.6 Å². The summed E-state index contributed by atoms with van der Waals surface area (Å²) in [7, 11) is 1.38. The van der Waals surface area contributed by atoms with E-state index in [1.165, 1.54) is 17.4 Å². The van der Waals surface area contributed by atoms with Gasteiger partial charge in [0, 0.05) is 38.3 Å². The highest BCUT2D eigenvalue weighted by molar-refractivity contribution is 6.09. The zero-order valence-corrected chi connectivity index (χ0v) is 21.0. The molecule has 0 bridgehead atoms. The quantitative estimate of drug-likeness (QED) is 0.182. The van der Waals surface area contributed by atoms with Crippen LogP contribution in [0.25, 0.3) is 11.1 Å². The Kier molecular flexibility index (Phi) is 9.10. The minimum absolute atomic E-state index is 0.229. The second-order valence-electron chi connectivity index (χ2n) is 9.19. The number of morpholine rings is 1. The van der Waals surface area contributed by atoms with Gasteiger partial charge in [-0.05, 0) is 54.7 Å². The minimum Gasteiger partial charge on any atom is -0.494 e. The van der Waals surface area contributed by atoms with Crippen molar-refractivity contribution >= 4 is 17.7 Å². The second-order valence-corrected chi connectivity index (χ2v) is 9.19. The number of hydrogen-bond acceptors (Lipinski definition) is 7. The van der Waals surface area contributed by atoms with Gasteiger partial charge in [0.25, 0.3) is 17.7 Å². The summed E-state index contributed by atoms with van der Waals surface area (Å²) in [5, 5.41) is 11.5. The van der Waals surface area contributed by atoms with Crippen molar-refractivity contribution in [2.24, 2.45) is 0 Å². The molecular formula is C27H34N4O6. The molecule has 2 aromatic carbocycles. The van der Waals surface area contributed by atoms with Crippen LogP contribution in [0.4, 0.5) is 0 Å². The van der Waals surface area contributed by atoms with Gasteiger partial charge in [-0.1, -0.05) is 24.3 Å². The monoisotopic (exact) mass is 510 g/mol. The second kappa shape index (κ2) is 12.7. The van der Waals surface area contributed by atoms with Gasteiger partial charge in [0.2, 0.25) is 0 Å². The van der Waals surface area contributed by atoms with E-state index in [0.29, 0.717) is 25.0 Å². The average Bonchev–Trinajstić information content (AvgIpc) is 3.79. The fourth-order valence-corrected chi connectivity index (χ4v) is 4.42. The highest BCUT2D eigenvalue weighted by Gasteiger charge is 2.44. The molecule has 1 aliphatic carbocycles. The fourth-order valence-electron chi connectivity index (χ4n) is 4.42. The van der Waals surface area contributed by atoms with Crippen LogP contribution in [0.5, 0.6) is 5.75 Å². The number of nitrogens with zero attached hydrogens (tertiary/aromatic N) is 2. The highest BCUT2D eigenvalue weighted by atomic mass is 16.5. The van der Waals surface area contributed by atoms with E-state index in [9.17, 15) is 14.4 Å². The van der Waals surface area contributed by atoms with E-state index in [1.807, 2.05) is 36.4 Å². The zero-order chi connectivity index (χ0) is 26.2. The van der Waals surface area contributed by atoms with Crippen molar-refractivity contribution in [3.8, 4) is 16.9 Å². The van der Waals surface area contributed by atoms with Crippen LogP contribution in [0, 0.1) is 0 Å². The molecule has 10 nitrogen and oxygen atoms in total. The van der Waals surface area contributed by atoms with E-state index in [1.54, 1.807) is 12.1 Å². The van der Waals surface area contributed by atoms with Crippen molar-refractivity contribution in [2.75, 3.05) is 46.5 Å². The van der Waals surface area contributed by atoms with Crippen molar-refractivity contribution in [3.63, 3.8) is 0 Å². The standard InChI is InChI=1S/C27H34N4O6/c1-28-25(32)24(26(33)29-35)31(22-9-10-22)27(34)21-5-3-19(4-6-21)20-7-11-23(12-8-20)37-16-2-13-30-14-17-36-18-15-30/h3-8,11-12,22,24,35H,2,9-10,13-18H2,1H3,(H,28,32)(H,29,33). The molecule has 2 fully saturated rings. The summed E-state index contributed by atoms with van der Waals surface area (Å²) in [6.07, 6.45) is 2.34. The molecule has 1 unspecified atom stereocenters. The predicted octanol–water partition coefficient (Wildman–Crippen LogP) is 1.68. The maximum Gasteiger partial charge on any atom is 0.275 e. The lowest BCUT2D eigenvalue weighted by Crippen LogP contribution is -2.57. The molecule has 1 aliphatic heterocycles. The topological polar surface area (TPSA) is 120 Å². The molecule has 2 aliphatic rings. The van der Waals surface area contributed by atoms with Crippen LogP contribution in [0.3, 0.4) is 0 Å². The van der Waals surface area contributed by atoms with E-state index in [-0.39, 0.29) is 6.04 Å². The third-order valence-corrected chi connectivity index (χ3v) is 6.62. The molecule has 3 amide bonds. The van der Waals surface area contributed by atoms with Crippen molar-refractivity contribution < 1.29 is 29.1 Å². The number of likely N-dealkylation sites (N-methyl/N-ethyl adjacent to an activating group) is 1. The molecule has 1 atom stereocenters. The summed E-state index contributed by atoms with van der Waals surface area (Å²) in [5.41, 5.74) is 3.76. The molecule has 10 heteroatoms. The lowest BCUT2D eigenvalue weighted by Gasteiger charge is -2.29. The Morgan fingerprint density at radius 2 is 1.65 bits per heavy atom. The molecule has 2 aromatic rings. The van der Waals surface area contributed by atoms with E-state index in [0.717, 1.165) is 56.1 Å². The maximum absolute atomic E-state index is 13.3. The molecule has 0 spiro atoms. The number of carbonyl (C=O) groups is 3. The van der Waals surface area contributed by atoms with Crippen LogP contribution in [0.15, 0.2) is 48.5 Å². The smallest absolute Gasteiger partial charge is 0.275 e. The molecule has 0 aromatic heterocycles. The van der Waals surface area contributed by atoms with E-state index >= 15 is 0 Å². The number of ether oxygens (including phenoxy) is 2. The summed E-state index contributed by atoms with van der Waals surface area (Å²) < 4.78 is 11.3. The number of nitrogens with one attached hydrogen (secondary N) is 2. The Hall–Kier alpha value is -3.47. The van der Waals surface area contributed by atoms with Gasteiger partial charge in [-0.15, -0.1) is 0 Å². The van der Waals surface area contributed by atoms with E-state index < -0.39 is 23.8 Å². The zero-order valence-electron chi connectivity index (χ0n) is 21.0. The Morgan fingerprint density at radius 1 is 1.03 bits per heavy atom. The summed E-state index contributed by atoms with van der Waals surface area (Å²) in [6.45, 7) is 5.20. The number of amides is 3. The Labute approximate surface area is 216 Å². The number of benzene rings is 2. The molecule has 37 heavy (non-hydrogen) atoms. The van der Waals surface area contributed by atoms with Crippen LogP contribution in [0.1, 0.15) is 29.6 Å². The first kappa shape index (κ1) is 26.6. The van der Waals surface area contributed by atoms with Crippen LogP contribution in [-0.2, 0) is 14.3 Å². The Balaban J connectivity index is 1.36. The number of carbonyl (C=O) groups excluding carboxylic acids is 3.